The summed E-state index contributed by atoms with van der Waals surface area (Å²) in [5.74, 6) is 5.82. The Labute approximate surface area is 96.8 Å². The van der Waals surface area contributed by atoms with Crippen molar-refractivity contribution in [2.75, 3.05) is 0 Å². The zero-order chi connectivity index (χ0) is 10.8. The van der Waals surface area contributed by atoms with Gasteiger partial charge >= 0.3 is 0 Å². The molecule has 74 valence electrons. The highest BCUT2D eigenvalue weighted by molar-refractivity contribution is 9.10. The van der Waals surface area contributed by atoms with E-state index in [4.69, 9.17) is 0 Å². The van der Waals surface area contributed by atoms with Gasteiger partial charge in [0, 0.05) is 6.20 Å². The minimum Gasteiger partial charge on any atom is -0.298 e. The molecule has 0 aliphatic heterocycles. The monoisotopic (exact) mass is 260 g/mol. The molecule has 2 aromatic heterocycles. The molecule has 0 fully saturated rings. The van der Waals surface area contributed by atoms with Crippen LogP contribution < -0.4 is 0 Å². The van der Waals surface area contributed by atoms with E-state index in [2.05, 4.69) is 39.3 Å². The van der Waals surface area contributed by atoms with E-state index in [1.165, 1.54) is 0 Å². The molecule has 2 rings (SSSR count). The predicted molar refractivity (Wildman–Crippen MR) is 65.5 cm³/mol. The first-order chi connectivity index (χ1) is 7.27. The first-order valence-electron chi connectivity index (χ1n) is 4.49. The van der Waals surface area contributed by atoms with E-state index in [1.807, 2.05) is 22.7 Å². The highest BCUT2D eigenvalue weighted by Crippen LogP contribution is 2.20. The molecule has 0 bridgehead atoms. The topological polar surface area (TPSA) is 17.3 Å². The van der Waals surface area contributed by atoms with Gasteiger partial charge in [-0.25, -0.2) is 4.98 Å². The van der Waals surface area contributed by atoms with Gasteiger partial charge in [-0.3, -0.25) is 4.40 Å². The molecule has 0 unspecified atom stereocenters. The quantitative estimate of drug-likeness (QED) is 0.721. The van der Waals surface area contributed by atoms with E-state index in [0.29, 0.717) is 0 Å². The van der Waals surface area contributed by atoms with E-state index >= 15 is 0 Å². The Hall–Kier alpha value is -1.53. The average molecular weight is 261 g/mol. The number of aromatic nitrogens is 2. The van der Waals surface area contributed by atoms with Crippen molar-refractivity contribution in [3.8, 4) is 11.8 Å². The van der Waals surface area contributed by atoms with E-state index < -0.39 is 0 Å². The molecule has 2 heterocycles. The summed E-state index contributed by atoms with van der Waals surface area (Å²) in [5.41, 5.74) is 2.56. The molecule has 0 saturated carbocycles. The number of halogens is 1. The first kappa shape index (κ1) is 10.0. The molecule has 0 aliphatic carbocycles. The molecule has 0 spiro atoms. The number of imidazole rings is 1. The lowest BCUT2D eigenvalue weighted by atomic mass is 10.3. The minimum atomic E-state index is 0.763. The SMILES string of the molecule is C=Cc1c(C#CC)nc2c(Br)cccn12. The van der Waals surface area contributed by atoms with Crippen LogP contribution in [0, 0.1) is 11.8 Å². The fourth-order valence-electron chi connectivity index (χ4n) is 1.46. The molecule has 3 heteroatoms. The van der Waals surface area contributed by atoms with Crippen molar-refractivity contribution < 1.29 is 0 Å². The molecule has 0 aliphatic rings. The maximum atomic E-state index is 4.44. The van der Waals surface area contributed by atoms with Crippen molar-refractivity contribution in [3.05, 3.63) is 40.8 Å². The van der Waals surface area contributed by atoms with Gasteiger partial charge in [0.25, 0.3) is 0 Å². The van der Waals surface area contributed by atoms with Crippen LogP contribution in [0.5, 0.6) is 0 Å². The largest absolute Gasteiger partial charge is 0.298 e. The van der Waals surface area contributed by atoms with Crippen LogP contribution in [0.3, 0.4) is 0 Å². The number of hydrogen-bond donors (Lipinski definition) is 0. The maximum absolute atomic E-state index is 4.44. The van der Waals surface area contributed by atoms with Crippen LogP contribution >= 0.6 is 15.9 Å². The van der Waals surface area contributed by atoms with Crippen LogP contribution in [-0.2, 0) is 0 Å². The van der Waals surface area contributed by atoms with Crippen molar-refractivity contribution in [1.82, 2.24) is 9.38 Å². The summed E-state index contributed by atoms with van der Waals surface area (Å²) in [4.78, 5) is 4.44. The Kier molecular flexibility index (Phi) is 2.61. The third-order valence-corrected chi connectivity index (χ3v) is 2.70. The molecule has 0 N–H and O–H groups in total. The molecule has 0 saturated heterocycles. The molecule has 2 nitrogen and oxygen atoms in total. The number of rotatable bonds is 1. The van der Waals surface area contributed by atoms with Gasteiger partial charge in [-0.2, -0.15) is 0 Å². The van der Waals surface area contributed by atoms with Gasteiger partial charge in [-0.1, -0.05) is 12.5 Å². The number of pyridine rings is 1. The van der Waals surface area contributed by atoms with Gasteiger partial charge in [-0.15, -0.1) is 0 Å². The van der Waals surface area contributed by atoms with Crippen molar-refractivity contribution in [2.45, 2.75) is 6.92 Å². The second kappa shape index (κ2) is 3.92. The molecule has 0 aromatic carbocycles. The standard InChI is InChI=1S/C12H9BrN2/c1-3-6-10-11(4-2)15-8-5-7-9(13)12(15)14-10/h4-5,7-8H,2H2,1H3. The van der Waals surface area contributed by atoms with E-state index in [0.717, 1.165) is 21.5 Å². The molecule has 15 heavy (non-hydrogen) atoms. The zero-order valence-corrected chi connectivity index (χ0v) is 9.87. The predicted octanol–water partition coefficient (Wildman–Crippen LogP) is 3.11. The lowest BCUT2D eigenvalue weighted by Crippen LogP contribution is -1.87. The number of fused-ring (bicyclic) bond motifs is 1. The molecular formula is C12H9BrN2. The third kappa shape index (κ3) is 1.57. The second-order valence-corrected chi connectivity index (χ2v) is 3.83. The van der Waals surface area contributed by atoms with E-state index in [1.54, 1.807) is 13.0 Å². The van der Waals surface area contributed by atoms with Crippen LogP contribution in [0.2, 0.25) is 0 Å². The minimum absolute atomic E-state index is 0.763. The zero-order valence-electron chi connectivity index (χ0n) is 8.29. The first-order valence-corrected chi connectivity index (χ1v) is 5.29. The summed E-state index contributed by atoms with van der Waals surface area (Å²) < 4.78 is 2.92. The third-order valence-electron chi connectivity index (χ3n) is 2.08. The number of nitrogens with zero attached hydrogens (tertiary/aromatic N) is 2. The van der Waals surface area contributed by atoms with Crippen molar-refractivity contribution in [1.29, 1.82) is 0 Å². The van der Waals surface area contributed by atoms with Crippen LogP contribution in [0.1, 0.15) is 18.3 Å². The second-order valence-electron chi connectivity index (χ2n) is 2.97. The van der Waals surface area contributed by atoms with Crippen molar-refractivity contribution in [3.63, 3.8) is 0 Å². The molecular weight excluding hydrogens is 252 g/mol. The van der Waals surface area contributed by atoms with E-state index in [-0.39, 0.29) is 0 Å². The summed E-state index contributed by atoms with van der Waals surface area (Å²) in [7, 11) is 0. The number of hydrogen-bond acceptors (Lipinski definition) is 1. The van der Waals surface area contributed by atoms with Crippen LogP contribution in [0.4, 0.5) is 0 Å². The van der Waals surface area contributed by atoms with Gasteiger partial charge in [0.05, 0.1) is 10.2 Å². The van der Waals surface area contributed by atoms with Gasteiger partial charge in [0.1, 0.15) is 5.69 Å². The fourth-order valence-corrected chi connectivity index (χ4v) is 1.89. The van der Waals surface area contributed by atoms with Gasteiger partial charge < -0.3 is 0 Å². The van der Waals surface area contributed by atoms with Crippen LogP contribution in [0.25, 0.3) is 11.7 Å². The smallest absolute Gasteiger partial charge is 0.153 e. The highest BCUT2D eigenvalue weighted by Gasteiger charge is 2.08. The van der Waals surface area contributed by atoms with Crippen LogP contribution in [-0.4, -0.2) is 9.38 Å². The Balaban J connectivity index is 2.88. The Bertz CT molecular complexity index is 585. The molecule has 0 atom stereocenters. The molecule has 0 amide bonds. The summed E-state index contributed by atoms with van der Waals surface area (Å²) in [6.45, 7) is 5.58. The average Bonchev–Trinajstić information content (AvgIpc) is 2.58. The van der Waals surface area contributed by atoms with Gasteiger partial charge in [-0.05, 0) is 47.0 Å². The van der Waals surface area contributed by atoms with Crippen LogP contribution in [0.15, 0.2) is 29.4 Å². The summed E-state index contributed by atoms with van der Waals surface area (Å²) >= 11 is 3.46. The van der Waals surface area contributed by atoms with Crippen molar-refractivity contribution in [2.24, 2.45) is 0 Å². The molecule has 2 aromatic rings. The van der Waals surface area contributed by atoms with Gasteiger partial charge in [0.2, 0.25) is 0 Å². The lowest BCUT2D eigenvalue weighted by molar-refractivity contribution is 1.16. The molecule has 0 radical (unpaired) electrons. The lowest BCUT2D eigenvalue weighted by Gasteiger charge is -1.96. The highest BCUT2D eigenvalue weighted by atomic mass is 79.9. The Morgan fingerprint density at radius 1 is 1.60 bits per heavy atom. The summed E-state index contributed by atoms with van der Waals surface area (Å²) in [6, 6.07) is 3.91. The fraction of sp³-hybridized carbons (Fsp3) is 0.0833. The Morgan fingerprint density at radius 3 is 3.07 bits per heavy atom. The van der Waals surface area contributed by atoms with Gasteiger partial charge in [0.15, 0.2) is 5.65 Å². The summed E-state index contributed by atoms with van der Waals surface area (Å²) in [5, 5.41) is 0. The summed E-state index contributed by atoms with van der Waals surface area (Å²) in [6.07, 6.45) is 3.72. The normalized spacial score (nSPS) is 9.73. The Morgan fingerprint density at radius 2 is 2.40 bits per heavy atom. The van der Waals surface area contributed by atoms with Crippen molar-refractivity contribution >= 4 is 27.7 Å². The maximum Gasteiger partial charge on any atom is 0.153 e. The van der Waals surface area contributed by atoms with E-state index in [9.17, 15) is 0 Å².